The number of aryl methyl sites for hydroxylation is 1. The van der Waals surface area contributed by atoms with Gasteiger partial charge in [0.05, 0.1) is 0 Å². The van der Waals surface area contributed by atoms with Crippen LogP contribution in [0.4, 0.5) is 0 Å². The molecule has 1 amide bonds. The quantitative estimate of drug-likeness (QED) is 0.846. The molecule has 3 heteroatoms. The fraction of sp³-hybridized carbons (Fsp3) is 0.500. The summed E-state index contributed by atoms with van der Waals surface area (Å²) in [5, 5.41) is 1.29. The second kappa shape index (κ2) is 5.55. The summed E-state index contributed by atoms with van der Waals surface area (Å²) < 4.78 is 2.29. The van der Waals surface area contributed by atoms with Crippen molar-refractivity contribution < 1.29 is 4.79 Å². The summed E-state index contributed by atoms with van der Waals surface area (Å²) in [6.45, 7) is 5.98. The van der Waals surface area contributed by atoms with Crippen molar-refractivity contribution in [3.8, 4) is 0 Å². The number of rotatable bonds is 3. The Balaban J connectivity index is 1.79. The summed E-state index contributed by atoms with van der Waals surface area (Å²) in [6, 6.07) is 10.8. The lowest BCUT2D eigenvalue weighted by atomic mass is 10.0. The van der Waals surface area contributed by atoms with E-state index in [9.17, 15) is 4.79 Å². The maximum absolute atomic E-state index is 12.2. The molecule has 2 aromatic rings. The maximum atomic E-state index is 12.2. The Labute approximate surface area is 126 Å². The standard InChI is InChI=1S/C18H24N2O/c1-13(2)10-18(21)20-9-8-15(12-20)17-11-14-6-4-5-7-16(14)19(17)3/h4-7,11,13,15H,8-10,12H2,1-3H3. The molecule has 1 aliphatic rings. The van der Waals surface area contributed by atoms with Gasteiger partial charge >= 0.3 is 0 Å². The minimum atomic E-state index is 0.311. The number of benzene rings is 1. The first kappa shape index (κ1) is 14.2. The number of nitrogens with zero attached hydrogens (tertiary/aromatic N) is 2. The lowest BCUT2D eigenvalue weighted by Gasteiger charge is -2.18. The van der Waals surface area contributed by atoms with Gasteiger partial charge in [-0.15, -0.1) is 0 Å². The second-order valence-corrected chi connectivity index (χ2v) is 6.61. The summed E-state index contributed by atoms with van der Waals surface area (Å²) in [5.74, 6) is 1.22. The third kappa shape index (κ3) is 2.69. The van der Waals surface area contributed by atoms with Crippen LogP contribution >= 0.6 is 0 Å². The molecule has 0 N–H and O–H groups in total. The van der Waals surface area contributed by atoms with Gasteiger partial charge < -0.3 is 9.47 Å². The van der Waals surface area contributed by atoms with Crippen LogP contribution in [-0.4, -0.2) is 28.5 Å². The van der Waals surface area contributed by atoms with Crippen molar-refractivity contribution in [2.75, 3.05) is 13.1 Å². The molecular formula is C18H24N2O. The smallest absolute Gasteiger partial charge is 0.222 e. The van der Waals surface area contributed by atoms with Gasteiger partial charge in [-0.1, -0.05) is 32.0 Å². The van der Waals surface area contributed by atoms with Crippen molar-refractivity contribution in [3.63, 3.8) is 0 Å². The van der Waals surface area contributed by atoms with E-state index in [-0.39, 0.29) is 0 Å². The summed E-state index contributed by atoms with van der Waals surface area (Å²) >= 11 is 0. The molecule has 0 spiro atoms. The third-order valence-electron chi connectivity index (χ3n) is 4.53. The van der Waals surface area contributed by atoms with Gasteiger partial charge in [0.1, 0.15) is 0 Å². The first-order chi connectivity index (χ1) is 10.1. The number of carbonyl (C=O) groups excluding carboxylic acids is 1. The first-order valence-corrected chi connectivity index (χ1v) is 7.88. The van der Waals surface area contributed by atoms with E-state index in [1.165, 1.54) is 16.6 Å². The topological polar surface area (TPSA) is 25.2 Å². The molecular weight excluding hydrogens is 260 g/mol. The number of carbonyl (C=O) groups is 1. The number of para-hydroxylation sites is 1. The Hall–Kier alpha value is -1.77. The number of aromatic nitrogens is 1. The number of hydrogen-bond donors (Lipinski definition) is 0. The van der Waals surface area contributed by atoms with Crippen LogP contribution in [-0.2, 0) is 11.8 Å². The number of fused-ring (bicyclic) bond motifs is 1. The Morgan fingerprint density at radius 2 is 2.10 bits per heavy atom. The van der Waals surface area contributed by atoms with Crippen LogP contribution in [0, 0.1) is 5.92 Å². The molecule has 3 nitrogen and oxygen atoms in total. The zero-order chi connectivity index (χ0) is 15.0. The van der Waals surface area contributed by atoms with Crippen LogP contribution in [0.3, 0.4) is 0 Å². The van der Waals surface area contributed by atoms with Gasteiger partial charge in [-0.25, -0.2) is 0 Å². The van der Waals surface area contributed by atoms with E-state index in [1.54, 1.807) is 0 Å². The monoisotopic (exact) mass is 284 g/mol. The molecule has 0 aliphatic carbocycles. The van der Waals surface area contributed by atoms with Crippen molar-refractivity contribution in [2.24, 2.45) is 13.0 Å². The fourth-order valence-corrected chi connectivity index (χ4v) is 3.41. The molecule has 1 saturated heterocycles. The first-order valence-electron chi connectivity index (χ1n) is 7.88. The molecule has 1 aromatic carbocycles. The molecule has 3 rings (SSSR count). The van der Waals surface area contributed by atoms with Crippen LogP contribution in [0.15, 0.2) is 30.3 Å². The van der Waals surface area contributed by atoms with Crippen molar-refractivity contribution in [3.05, 3.63) is 36.0 Å². The summed E-state index contributed by atoms with van der Waals surface area (Å²) in [4.78, 5) is 14.3. The Kier molecular flexibility index (Phi) is 3.75. The van der Waals surface area contributed by atoms with Gasteiger partial charge in [-0.3, -0.25) is 4.79 Å². The molecule has 1 aliphatic heterocycles. The number of hydrogen-bond acceptors (Lipinski definition) is 1. The highest BCUT2D eigenvalue weighted by atomic mass is 16.2. The Morgan fingerprint density at radius 3 is 2.81 bits per heavy atom. The van der Waals surface area contributed by atoms with Gasteiger partial charge in [0.15, 0.2) is 0 Å². The predicted molar refractivity (Wildman–Crippen MR) is 86.3 cm³/mol. The molecule has 0 radical (unpaired) electrons. The predicted octanol–water partition coefficient (Wildman–Crippen LogP) is 3.54. The van der Waals surface area contributed by atoms with Crippen molar-refractivity contribution in [1.29, 1.82) is 0 Å². The summed E-state index contributed by atoms with van der Waals surface area (Å²) in [6.07, 6.45) is 1.75. The van der Waals surface area contributed by atoms with Crippen LogP contribution in [0.2, 0.25) is 0 Å². The SMILES string of the molecule is CC(C)CC(=O)N1CCC(c2cc3ccccc3n2C)C1. The van der Waals surface area contributed by atoms with Crippen molar-refractivity contribution in [1.82, 2.24) is 9.47 Å². The second-order valence-electron chi connectivity index (χ2n) is 6.61. The molecule has 1 fully saturated rings. The third-order valence-corrected chi connectivity index (χ3v) is 4.53. The maximum Gasteiger partial charge on any atom is 0.222 e. The van der Waals surface area contributed by atoms with E-state index in [1.807, 2.05) is 4.90 Å². The molecule has 1 unspecified atom stereocenters. The van der Waals surface area contributed by atoms with Crippen LogP contribution < -0.4 is 0 Å². The van der Waals surface area contributed by atoms with E-state index < -0.39 is 0 Å². The van der Waals surface area contributed by atoms with Gasteiger partial charge in [0.2, 0.25) is 5.91 Å². The lowest BCUT2D eigenvalue weighted by molar-refractivity contribution is -0.130. The fourth-order valence-electron chi connectivity index (χ4n) is 3.41. The van der Waals surface area contributed by atoms with Crippen LogP contribution in [0.5, 0.6) is 0 Å². The zero-order valence-corrected chi connectivity index (χ0v) is 13.2. The summed E-state index contributed by atoms with van der Waals surface area (Å²) in [7, 11) is 2.14. The Bertz CT molecular complexity index is 656. The average Bonchev–Trinajstić information content (AvgIpc) is 3.04. The minimum Gasteiger partial charge on any atom is -0.347 e. The van der Waals surface area contributed by atoms with Gasteiger partial charge in [-0.2, -0.15) is 0 Å². The average molecular weight is 284 g/mol. The van der Waals surface area contributed by atoms with Crippen LogP contribution in [0.25, 0.3) is 10.9 Å². The highest BCUT2D eigenvalue weighted by Crippen LogP contribution is 2.31. The van der Waals surface area contributed by atoms with E-state index in [0.29, 0.717) is 24.2 Å². The van der Waals surface area contributed by atoms with Gasteiger partial charge in [-0.05, 0) is 29.9 Å². The number of likely N-dealkylation sites (tertiary alicyclic amines) is 1. The summed E-state index contributed by atoms with van der Waals surface area (Å²) in [5.41, 5.74) is 2.63. The van der Waals surface area contributed by atoms with Crippen LogP contribution in [0.1, 0.15) is 38.3 Å². The molecule has 1 atom stereocenters. The zero-order valence-electron chi connectivity index (χ0n) is 13.2. The largest absolute Gasteiger partial charge is 0.347 e. The highest BCUT2D eigenvalue weighted by Gasteiger charge is 2.29. The Morgan fingerprint density at radius 1 is 1.33 bits per heavy atom. The number of amides is 1. The highest BCUT2D eigenvalue weighted by molar-refractivity contribution is 5.81. The molecule has 0 saturated carbocycles. The molecule has 2 heterocycles. The lowest BCUT2D eigenvalue weighted by Crippen LogP contribution is -2.29. The van der Waals surface area contributed by atoms with E-state index in [4.69, 9.17) is 0 Å². The van der Waals surface area contributed by atoms with Crippen molar-refractivity contribution in [2.45, 2.75) is 32.6 Å². The van der Waals surface area contributed by atoms with E-state index >= 15 is 0 Å². The van der Waals surface area contributed by atoms with E-state index in [0.717, 1.165) is 19.5 Å². The van der Waals surface area contributed by atoms with E-state index in [2.05, 4.69) is 55.8 Å². The van der Waals surface area contributed by atoms with Crippen molar-refractivity contribution >= 4 is 16.8 Å². The molecule has 112 valence electrons. The van der Waals surface area contributed by atoms with Gasteiger partial charge in [0, 0.05) is 43.7 Å². The molecule has 0 bridgehead atoms. The van der Waals surface area contributed by atoms with Gasteiger partial charge in [0.25, 0.3) is 0 Å². The minimum absolute atomic E-state index is 0.311. The molecule has 1 aromatic heterocycles. The normalized spacial score (nSPS) is 18.9. The molecule has 21 heavy (non-hydrogen) atoms.